The number of aliphatic hydroxyl groups excluding tert-OH is 1. The van der Waals surface area contributed by atoms with E-state index in [0.717, 1.165) is 95.8 Å². The van der Waals surface area contributed by atoms with Crippen molar-refractivity contribution in [1.29, 1.82) is 0 Å². The van der Waals surface area contributed by atoms with Gasteiger partial charge in [0.25, 0.3) is 0 Å². The number of hydrogen-bond acceptors (Lipinski definition) is 15. The highest BCUT2D eigenvalue weighted by atomic mass is 31.2. The van der Waals surface area contributed by atoms with Crippen LogP contribution in [0.1, 0.15) is 413 Å². The van der Waals surface area contributed by atoms with Crippen molar-refractivity contribution in [1.82, 2.24) is 0 Å². The van der Waals surface area contributed by atoms with Crippen LogP contribution in [0, 0.1) is 5.92 Å². The van der Waals surface area contributed by atoms with Gasteiger partial charge in [-0.2, -0.15) is 0 Å². The zero-order chi connectivity index (χ0) is 71.2. The molecule has 0 aliphatic rings. The van der Waals surface area contributed by atoms with Gasteiger partial charge in [-0.1, -0.05) is 362 Å². The van der Waals surface area contributed by atoms with Gasteiger partial charge in [-0.25, -0.2) is 9.13 Å². The van der Waals surface area contributed by atoms with Crippen molar-refractivity contribution in [2.75, 3.05) is 39.6 Å². The molecule has 0 amide bonds. The summed E-state index contributed by atoms with van der Waals surface area (Å²) in [7, 11) is -9.91. The van der Waals surface area contributed by atoms with Gasteiger partial charge in [0.2, 0.25) is 0 Å². The number of carbonyl (C=O) groups excluding carboxylic acids is 4. The van der Waals surface area contributed by atoms with E-state index in [4.69, 9.17) is 37.0 Å². The molecule has 0 spiro atoms. The Balaban J connectivity index is 5.26. The number of phosphoric acid groups is 2. The first kappa shape index (κ1) is 95.1. The van der Waals surface area contributed by atoms with Crippen LogP contribution in [-0.2, 0) is 65.4 Å². The first-order chi connectivity index (χ1) is 47.0. The number of esters is 4. The molecule has 97 heavy (non-hydrogen) atoms. The molecule has 0 aliphatic heterocycles. The standard InChI is InChI=1S/C78H152O17P2/c1-6-9-12-15-18-21-24-27-29-31-33-36-42-47-52-57-62-76(81)89-67-73(94-77(82)63-58-53-48-43-37-34-32-30-28-25-22-19-16-13-10-7-2)69-92-96(84,85)90-65-72(79)66-91-97(86,87)93-70-74(68-88-75(80)61-56-51-46-41-35-26-23-20-17-14-11-8-3)95-78(83)64-59-54-49-44-39-38-40-45-50-55-60-71(4)5/h71-74,79H,6-70H2,1-5H3,(H,84,85)(H,86,87)/t72-,73-,74-/m1/s1. The predicted molar refractivity (Wildman–Crippen MR) is 395 cm³/mol. The van der Waals surface area contributed by atoms with Gasteiger partial charge >= 0.3 is 39.5 Å². The van der Waals surface area contributed by atoms with Crippen molar-refractivity contribution in [3.63, 3.8) is 0 Å². The molecule has 0 radical (unpaired) electrons. The largest absolute Gasteiger partial charge is 0.472 e. The topological polar surface area (TPSA) is 237 Å². The van der Waals surface area contributed by atoms with Crippen LogP contribution >= 0.6 is 15.6 Å². The summed E-state index contributed by atoms with van der Waals surface area (Å²) in [6.45, 7) is 7.31. The molecule has 0 aromatic heterocycles. The molecule has 0 bridgehead atoms. The monoisotopic (exact) mass is 1420 g/mol. The van der Waals surface area contributed by atoms with E-state index in [1.54, 1.807) is 0 Å². The summed E-state index contributed by atoms with van der Waals surface area (Å²) >= 11 is 0. The molecule has 0 aromatic carbocycles. The van der Waals surface area contributed by atoms with E-state index in [-0.39, 0.29) is 25.7 Å². The minimum atomic E-state index is -4.96. The van der Waals surface area contributed by atoms with Gasteiger partial charge in [0.15, 0.2) is 12.2 Å². The Labute approximate surface area is 594 Å². The zero-order valence-electron chi connectivity index (χ0n) is 63.2. The highest BCUT2D eigenvalue weighted by Gasteiger charge is 2.30. The summed E-state index contributed by atoms with van der Waals surface area (Å²) in [5.74, 6) is -1.36. The van der Waals surface area contributed by atoms with Crippen LogP contribution in [0.25, 0.3) is 0 Å². The van der Waals surface area contributed by atoms with Crippen LogP contribution in [0.2, 0.25) is 0 Å². The van der Waals surface area contributed by atoms with E-state index >= 15 is 0 Å². The van der Waals surface area contributed by atoms with Crippen molar-refractivity contribution in [3.05, 3.63) is 0 Å². The highest BCUT2D eigenvalue weighted by molar-refractivity contribution is 7.47. The molecule has 2 unspecified atom stereocenters. The molecule has 0 fully saturated rings. The summed E-state index contributed by atoms with van der Waals surface area (Å²) in [5.41, 5.74) is 0. The number of unbranched alkanes of at least 4 members (excludes halogenated alkanes) is 50. The number of ether oxygens (including phenoxy) is 4. The average Bonchev–Trinajstić information content (AvgIpc) is 2.48. The lowest BCUT2D eigenvalue weighted by Gasteiger charge is -2.21. The number of phosphoric ester groups is 2. The van der Waals surface area contributed by atoms with Crippen molar-refractivity contribution < 1.29 is 80.2 Å². The molecule has 576 valence electrons. The second-order valence-corrected chi connectivity index (χ2v) is 31.5. The third kappa shape index (κ3) is 72.2. The van der Waals surface area contributed by atoms with Gasteiger partial charge in [-0.3, -0.25) is 37.3 Å². The predicted octanol–water partition coefficient (Wildman–Crippen LogP) is 23.3. The van der Waals surface area contributed by atoms with Gasteiger partial charge in [0.1, 0.15) is 19.3 Å². The summed E-state index contributed by atoms with van der Waals surface area (Å²) in [4.78, 5) is 72.9. The fraction of sp³-hybridized carbons (Fsp3) is 0.949. The second-order valence-electron chi connectivity index (χ2n) is 28.6. The molecule has 17 nitrogen and oxygen atoms in total. The van der Waals surface area contributed by atoms with E-state index in [1.807, 2.05) is 0 Å². The Kier molecular flexibility index (Phi) is 69.6. The van der Waals surface area contributed by atoms with Crippen LogP contribution in [0.5, 0.6) is 0 Å². The highest BCUT2D eigenvalue weighted by Crippen LogP contribution is 2.45. The maximum absolute atomic E-state index is 13.1. The van der Waals surface area contributed by atoms with Crippen LogP contribution in [0.3, 0.4) is 0 Å². The van der Waals surface area contributed by atoms with Gasteiger partial charge in [-0.15, -0.1) is 0 Å². The Hall–Kier alpha value is -1.94. The van der Waals surface area contributed by atoms with E-state index in [2.05, 4.69) is 34.6 Å². The maximum Gasteiger partial charge on any atom is 0.472 e. The van der Waals surface area contributed by atoms with E-state index in [1.165, 1.54) is 238 Å². The Bertz CT molecular complexity index is 1860. The maximum atomic E-state index is 13.1. The third-order valence-electron chi connectivity index (χ3n) is 18.3. The number of hydrogen-bond donors (Lipinski definition) is 3. The lowest BCUT2D eigenvalue weighted by Crippen LogP contribution is -2.30. The number of rotatable bonds is 78. The molecule has 5 atom stereocenters. The molecule has 0 saturated carbocycles. The van der Waals surface area contributed by atoms with Crippen LogP contribution in [-0.4, -0.2) is 96.7 Å². The van der Waals surface area contributed by atoms with E-state index in [9.17, 15) is 43.2 Å². The molecular weight excluding hydrogens is 1270 g/mol. The van der Waals surface area contributed by atoms with Crippen molar-refractivity contribution in [3.8, 4) is 0 Å². The zero-order valence-corrected chi connectivity index (χ0v) is 65.0. The lowest BCUT2D eigenvalue weighted by atomic mass is 10.0. The normalized spacial score (nSPS) is 13.9. The third-order valence-corrected chi connectivity index (χ3v) is 20.2. The Morgan fingerprint density at radius 1 is 0.278 bits per heavy atom. The average molecular weight is 1420 g/mol. The van der Waals surface area contributed by atoms with Crippen LogP contribution in [0.4, 0.5) is 0 Å². The first-order valence-corrected chi connectivity index (χ1v) is 43.6. The van der Waals surface area contributed by atoms with Gasteiger partial charge in [-0.05, 0) is 31.6 Å². The quantitative estimate of drug-likeness (QED) is 0.0222. The summed E-state index contributed by atoms with van der Waals surface area (Å²) in [6.07, 6.45) is 60.9. The van der Waals surface area contributed by atoms with Crippen molar-refractivity contribution in [2.24, 2.45) is 5.92 Å². The minimum Gasteiger partial charge on any atom is -0.462 e. The summed E-state index contributed by atoms with van der Waals surface area (Å²) in [5, 5.41) is 10.6. The van der Waals surface area contributed by atoms with Gasteiger partial charge in [0.05, 0.1) is 26.4 Å². The molecule has 0 aliphatic carbocycles. The molecule has 0 saturated heterocycles. The van der Waals surface area contributed by atoms with Crippen LogP contribution in [0.15, 0.2) is 0 Å². The minimum absolute atomic E-state index is 0.107. The molecule has 19 heteroatoms. The Morgan fingerprint density at radius 2 is 0.474 bits per heavy atom. The SMILES string of the molecule is CCCCCCCCCCCCCCCCCCC(=O)OC[C@H](COP(=O)(O)OC[C@@H](O)COP(=O)(O)OC[C@@H](COC(=O)CCCCCCCCCCCCCC)OC(=O)CCCCCCCCCCCCC(C)C)OC(=O)CCCCCCCCCCCCCCCCCC. The van der Waals surface area contributed by atoms with Crippen LogP contribution < -0.4 is 0 Å². The fourth-order valence-corrected chi connectivity index (χ4v) is 13.6. The smallest absolute Gasteiger partial charge is 0.462 e. The second kappa shape index (κ2) is 71.1. The summed E-state index contributed by atoms with van der Waals surface area (Å²) in [6, 6.07) is 0. The fourth-order valence-electron chi connectivity index (χ4n) is 12.1. The van der Waals surface area contributed by atoms with Crippen molar-refractivity contribution >= 4 is 39.5 Å². The lowest BCUT2D eigenvalue weighted by molar-refractivity contribution is -0.161. The van der Waals surface area contributed by atoms with Gasteiger partial charge in [0, 0.05) is 25.7 Å². The number of aliphatic hydroxyl groups is 1. The molecule has 0 heterocycles. The first-order valence-electron chi connectivity index (χ1n) is 40.6. The summed E-state index contributed by atoms with van der Waals surface area (Å²) < 4.78 is 68.6. The van der Waals surface area contributed by atoms with E-state index in [0.29, 0.717) is 25.7 Å². The van der Waals surface area contributed by atoms with Crippen molar-refractivity contribution in [2.45, 2.75) is 432 Å². The van der Waals surface area contributed by atoms with Gasteiger partial charge < -0.3 is 33.8 Å². The Morgan fingerprint density at radius 3 is 0.701 bits per heavy atom. The molecule has 3 N–H and O–H groups in total. The van der Waals surface area contributed by atoms with E-state index < -0.39 is 97.5 Å². The number of carbonyl (C=O) groups is 4. The molecular formula is C78H152O17P2. The molecule has 0 rings (SSSR count). The molecule has 0 aromatic rings.